The number of aromatic nitrogens is 1. The molecule has 0 fully saturated rings. The Morgan fingerprint density at radius 3 is 2.32 bits per heavy atom. The van der Waals surface area contributed by atoms with E-state index in [1.165, 1.54) is 36.2 Å². The number of nitrogens with zero attached hydrogens (tertiary/aromatic N) is 2. The predicted octanol–water partition coefficient (Wildman–Crippen LogP) is 5.87. The third-order valence-electron chi connectivity index (χ3n) is 5.05. The molecular formula is C24H21ClF2N2O2. The van der Waals surface area contributed by atoms with Crippen LogP contribution in [0.15, 0.2) is 54.7 Å². The fourth-order valence-electron chi connectivity index (χ4n) is 3.24. The van der Waals surface area contributed by atoms with Crippen LogP contribution in [0.25, 0.3) is 11.1 Å². The molecule has 0 atom stereocenters. The predicted molar refractivity (Wildman–Crippen MR) is 117 cm³/mol. The third-order valence-corrected chi connectivity index (χ3v) is 5.39. The molecule has 0 aliphatic rings. The van der Waals surface area contributed by atoms with Crippen LogP contribution in [0.5, 0.6) is 0 Å². The number of benzene rings is 2. The SMILES string of the molecule is CCC(=O)N(C)c1ccc(-c2ccc(C(=O)CCc3cccnc3Cl)c(F)c2)cc1F. The summed E-state index contributed by atoms with van der Waals surface area (Å²) in [5, 5.41) is 0.322. The monoisotopic (exact) mass is 442 g/mol. The summed E-state index contributed by atoms with van der Waals surface area (Å²) < 4.78 is 29.2. The highest BCUT2D eigenvalue weighted by atomic mass is 35.5. The molecule has 1 heterocycles. The van der Waals surface area contributed by atoms with Gasteiger partial charge < -0.3 is 4.90 Å². The molecular weight excluding hydrogens is 422 g/mol. The topological polar surface area (TPSA) is 50.3 Å². The van der Waals surface area contributed by atoms with Crippen molar-refractivity contribution in [1.29, 1.82) is 0 Å². The van der Waals surface area contributed by atoms with Gasteiger partial charge in [0.15, 0.2) is 5.78 Å². The first kappa shape index (κ1) is 22.6. The van der Waals surface area contributed by atoms with Crippen molar-refractivity contribution in [2.75, 3.05) is 11.9 Å². The summed E-state index contributed by atoms with van der Waals surface area (Å²) in [6.07, 6.45) is 2.25. The van der Waals surface area contributed by atoms with Gasteiger partial charge in [-0.25, -0.2) is 13.8 Å². The standard InChI is InChI=1S/C24H21ClF2N2O2/c1-3-23(31)29(2)21-10-7-17(14-20(21)27)16-6-9-18(19(26)13-16)22(30)11-8-15-5-4-12-28-24(15)25/h4-7,9-10,12-14H,3,8,11H2,1-2H3. The van der Waals surface area contributed by atoms with E-state index >= 15 is 0 Å². The van der Waals surface area contributed by atoms with Gasteiger partial charge >= 0.3 is 0 Å². The van der Waals surface area contributed by atoms with Gasteiger partial charge in [-0.15, -0.1) is 0 Å². The van der Waals surface area contributed by atoms with Crippen LogP contribution in [0, 0.1) is 11.6 Å². The second-order valence-corrected chi connectivity index (χ2v) is 7.40. The van der Waals surface area contributed by atoms with E-state index in [1.54, 1.807) is 37.4 Å². The van der Waals surface area contributed by atoms with Crippen molar-refractivity contribution in [3.8, 4) is 11.1 Å². The van der Waals surface area contributed by atoms with Crippen molar-refractivity contribution < 1.29 is 18.4 Å². The summed E-state index contributed by atoms with van der Waals surface area (Å²) in [6.45, 7) is 1.70. The Morgan fingerprint density at radius 2 is 1.71 bits per heavy atom. The number of carbonyl (C=O) groups excluding carboxylic acids is 2. The second kappa shape index (κ2) is 9.79. The van der Waals surface area contributed by atoms with Gasteiger partial charge in [0.2, 0.25) is 5.91 Å². The zero-order chi connectivity index (χ0) is 22.5. The minimum Gasteiger partial charge on any atom is -0.313 e. The zero-order valence-electron chi connectivity index (χ0n) is 17.2. The van der Waals surface area contributed by atoms with Crippen LogP contribution in [-0.4, -0.2) is 23.7 Å². The van der Waals surface area contributed by atoms with E-state index in [0.29, 0.717) is 22.7 Å². The number of halogens is 3. The number of hydrogen-bond acceptors (Lipinski definition) is 3. The molecule has 0 radical (unpaired) electrons. The van der Waals surface area contributed by atoms with E-state index in [2.05, 4.69) is 4.98 Å². The molecule has 3 rings (SSSR count). The van der Waals surface area contributed by atoms with Gasteiger partial charge in [0.25, 0.3) is 0 Å². The number of pyridine rings is 1. The molecule has 1 amide bonds. The van der Waals surface area contributed by atoms with Gasteiger partial charge in [-0.3, -0.25) is 9.59 Å². The lowest BCUT2D eigenvalue weighted by Gasteiger charge is -2.18. The van der Waals surface area contributed by atoms with Crippen molar-refractivity contribution in [1.82, 2.24) is 4.98 Å². The first-order valence-corrected chi connectivity index (χ1v) is 10.2. The molecule has 7 heteroatoms. The van der Waals surface area contributed by atoms with Crippen molar-refractivity contribution in [3.05, 3.63) is 82.6 Å². The number of ketones is 1. The number of aryl methyl sites for hydroxylation is 1. The number of amides is 1. The summed E-state index contributed by atoms with van der Waals surface area (Å²) in [7, 11) is 1.50. The summed E-state index contributed by atoms with van der Waals surface area (Å²) in [6, 6.07) is 12.0. The van der Waals surface area contributed by atoms with Gasteiger partial charge in [0.05, 0.1) is 11.3 Å². The Morgan fingerprint density at radius 1 is 1.03 bits per heavy atom. The Kier molecular flexibility index (Phi) is 7.13. The van der Waals surface area contributed by atoms with Crippen molar-refractivity contribution in [2.24, 2.45) is 0 Å². The van der Waals surface area contributed by atoms with Crippen LogP contribution >= 0.6 is 11.6 Å². The van der Waals surface area contributed by atoms with Crippen molar-refractivity contribution >= 4 is 29.0 Å². The fourth-order valence-corrected chi connectivity index (χ4v) is 3.45. The first-order valence-electron chi connectivity index (χ1n) is 9.80. The molecule has 1 aromatic heterocycles. The molecule has 31 heavy (non-hydrogen) atoms. The lowest BCUT2D eigenvalue weighted by atomic mass is 9.99. The van der Waals surface area contributed by atoms with E-state index < -0.39 is 11.6 Å². The molecule has 0 aliphatic carbocycles. The number of hydrogen-bond donors (Lipinski definition) is 0. The van der Waals surface area contributed by atoms with E-state index in [0.717, 1.165) is 5.56 Å². The van der Waals surface area contributed by atoms with Gasteiger partial charge in [0.1, 0.15) is 16.8 Å². The number of carbonyl (C=O) groups is 2. The highest BCUT2D eigenvalue weighted by molar-refractivity contribution is 6.30. The van der Waals surface area contributed by atoms with E-state index in [9.17, 15) is 18.4 Å². The average molecular weight is 443 g/mol. The highest BCUT2D eigenvalue weighted by Gasteiger charge is 2.16. The molecule has 3 aromatic rings. The highest BCUT2D eigenvalue weighted by Crippen LogP contribution is 2.28. The maximum Gasteiger partial charge on any atom is 0.226 e. The van der Waals surface area contributed by atoms with Gasteiger partial charge in [-0.2, -0.15) is 0 Å². The summed E-state index contributed by atoms with van der Waals surface area (Å²) in [4.78, 5) is 29.5. The van der Waals surface area contributed by atoms with Crippen LogP contribution < -0.4 is 4.90 Å². The summed E-state index contributed by atoms with van der Waals surface area (Å²) >= 11 is 5.99. The Hall–Kier alpha value is -3.12. The lowest BCUT2D eigenvalue weighted by molar-refractivity contribution is -0.118. The molecule has 0 N–H and O–H groups in total. The summed E-state index contributed by atoms with van der Waals surface area (Å²) in [5.41, 5.74) is 1.71. The van der Waals surface area contributed by atoms with E-state index in [1.807, 2.05) is 0 Å². The Labute approximate surface area is 184 Å². The number of rotatable bonds is 7. The fraction of sp³-hybridized carbons (Fsp3) is 0.208. The second-order valence-electron chi connectivity index (χ2n) is 7.04. The molecule has 0 unspecified atom stereocenters. The molecule has 4 nitrogen and oxygen atoms in total. The van der Waals surface area contributed by atoms with Crippen LogP contribution in [0.2, 0.25) is 5.15 Å². The van der Waals surface area contributed by atoms with Crippen molar-refractivity contribution in [2.45, 2.75) is 26.2 Å². The molecule has 0 spiro atoms. The molecule has 2 aromatic carbocycles. The third kappa shape index (κ3) is 5.14. The minimum atomic E-state index is -0.678. The summed E-state index contributed by atoms with van der Waals surface area (Å²) in [5.74, 6) is -1.84. The normalized spacial score (nSPS) is 10.7. The maximum absolute atomic E-state index is 14.6. The van der Waals surface area contributed by atoms with Gasteiger partial charge in [0, 0.05) is 26.1 Å². The van der Waals surface area contributed by atoms with E-state index in [4.69, 9.17) is 11.6 Å². The van der Waals surface area contributed by atoms with Crippen LogP contribution in [0.4, 0.5) is 14.5 Å². The van der Waals surface area contributed by atoms with Crippen LogP contribution in [0.1, 0.15) is 35.7 Å². The van der Waals surface area contributed by atoms with Crippen LogP contribution in [0.3, 0.4) is 0 Å². The first-order chi connectivity index (χ1) is 14.8. The maximum atomic E-state index is 14.6. The minimum absolute atomic E-state index is 0.0332. The van der Waals surface area contributed by atoms with Crippen LogP contribution in [-0.2, 0) is 11.2 Å². The van der Waals surface area contributed by atoms with E-state index in [-0.39, 0.29) is 35.8 Å². The van der Waals surface area contributed by atoms with Gasteiger partial charge in [-0.1, -0.05) is 36.7 Å². The Bertz CT molecular complexity index is 1130. The van der Waals surface area contributed by atoms with Crippen molar-refractivity contribution in [3.63, 3.8) is 0 Å². The molecule has 0 saturated carbocycles. The zero-order valence-corrected chi connectivity index (χ0v) is 17.9. The van der Waals surface area contributed by atoms with Gasteiger partial charge in [-0.05, 0) is 53.4 Å². The molecule has 160 valence electrons. The lowest BCUT2D eigenvalue weighted by Crippen LogP contribution is -2.25. The molecule has 0 aliphatic heterocycles. The molecule has 0 saturated heterocycles. The average Bonchev–Trinajstić information content (AvgIpc) is 2.77. The Balaban J connectivity index is 1.77. The quantitative estimate of drug-likeness (QED) is 0.339. The number of Topliss-reactive ketones (excluding diaryl/α,β-unsaturated/α-hetero) is 1. The molecule has 0 bridgehead atoms. The number of anilines is 1. The largest absolute Gasteiger partial charge is 0.313 e. The smallest absolute Gasteiger partial charge is 0.226 e.